The van der Waals surface area contributed by atoms with E-state index in [0.717, 1.165) is 0 Å². The third-order valence-corrected chi connectivity index (χ3v) is 1.36. The molecule has 0 aromatic carbocycles. The van der Waals surface area contributed by atoms with E-state index in [1.807, 2.05) is 0 Å². The average molecular weight is 479 g/mol. The zero-order chi connectivity index (χ0) is 15.0. The second-order valence-electron chi connectivity index (χ2n) is 3.37. The molecule has 2 radical (unpaired) electrons. The number of carbonyl (C=O) groups excluding carboxylic acids is 3. The summed E-state index contributed by atoms with van der Waals surface area (Å²) in [6.45, 7) is 5.40. The molecule has 0 saturated heterocycles. The molecule has 0 fully saturated rings. The largest absolute Gasteiger partial charge is 3.00 e. The molecule has 142 valence electrons. The maximum Gasteiger partial charge on any atom is 3.00 e. The van der Waals surface area contributed by atoms with Gasteiger partial charge in [0.25, 0.3) is 0 Å². The normalized spacial score (nSPS) is 6.39. The van der Waals surface area contributed by atoms with Crippen LogP contribution in [0.5, 0.6) is 0 Å². The Bertz CT molecular complexity index is 209. The van der Waals surface area contributed by atoms with Gasteiger partial charge in [0.1, 0.15) is 0 Å². The summed E-state index contributed by atoms with van der Waals surface area (Å²) in [5, 5.41) is 28.5. The molecule has 0 aromatic heterocycles. The van der Waals surface area contributed by atoms with Crippen LogP contribution in [0.3, 0.4) is 0 Å². The summed E-state index contributed by atoms with van der Waals surface area (Å²) in [4.78, 5) is 28.5. The van der Waals surface area contributed by atoms with Crippen molar-refractivity contribution in [2.75, 3.05) is 0 Å². The molecule has 0 heterocycles. The van der Waals surface area contributed by atoms with Crippen LogP contribution in [0, 0.1) is 0 Å². The minimum atomic E-state index is -0.961. The topological polar surface area (TPSA) is 120 Å². The van der Waals surface area contributed by atoms with Crippen molar-refractivity contribution in [2.24, 2.45) is 0 Å². The van der Waals surface area contributed by atoms with Crippen LogP contribution in [0.4, 0.5) is 0 Å². The molecule has 0 unspecified atom stereocenters. The van der Waals surface area contributed by atoms with Crippen LogP contribution in [-0.4, -0.2) is 17.9 Å². The van der Waals surface area contributed by atoms with Gasteiger partial charge in [-0.05, 0) is 19.3 Å². The van der Waals surface area contributed by atoms with Gasteiger partial charge in [-0.1, -0.05) is 40.0 Å². The number of hydrogen-bond donors (Lipinski definition) is 0. The average Bonchev–Trinajstić information content (AvgIpc) is 2.18. The smallest absolute Gasteiger partial charge is 1.00 e. The van der Waals surface area contributed by atoms with Gasteiger partial charge in [-0.2, -0.15) is 0 Å². The van der Waals surface area contributed by atoms with Crippen LogP contribution in [0.15, 0.2) is 0 Å². The molecule has 0 bridgehead atoms. The maximum atomic E-state index is 9.49. The molecule has 6 nitrogen and oxygen atoms in total. The SMILES string of the molecule is CCCC(=O)[O-].CCCC(=O)[O-].CCCC(=O)[O-].[Cl-].[Cl-].[Cl-].[Fe+3].[Fe+3]. The van der Waals surface area contributed by atoms with Gasteiger partial charge in [-0.25, -0.2) is 0 Å². The molecule has 0 aromatic rings. The van der Waals surface area contributed by atoms with Crippen LogP contribution in [0.25, 0.3) is 0 Å². The second kappa shape index (κ2) is 43.2. The van der Waals surface area contributed by atoms with Crippen molar-refractivity contribution in [1.29, 1.82) is 0 Å². The van der Waals surface area contributed by atoms with Crippen LogP contribution < -0.4 is 52.5 Å². The molecule has 0 saturated carbocycles. The standard InChI is InChI=1S/3C4H8O2.3ClH.2Fe/c3*1-2-3-4(5)6;;;;;/h3*2-3H2,1H3,(H,5,6);3*1H;;/q;;;;;;2*+3/p-6. The molecular formula is C12H21Cl3Fe2O6. The van der Waals surface area contributed by atoms with Crippen LogP contribution in [-0.2, 0) is 48.5 Å². The Labute approximate surface area is 177 Å². The van der Waals surface area contributed by atoms with E-state index in [1.165, 1.54) is 0 Å². The van der Waals surface area contributed by atoms with Gasteiger partial charge in [0.2, 0.25) is 0 Å². The summed E-state index contributed by atoms with van der Waals surface area (Å²) in [5.74, 6) is -2.88. The molecule has 0 spiro atoms. The minimum absolute atomic E-state index is 0. The van der Waals surface area contributed by atoms with E-state index in [2.05, 4.69) is 0 Å². The van der Waals surface area contributed by atoms with Crippen molar-refractivity contribution < 1.29 is 101 Å². The van der Waals surface area contributed by atoms with E-state index in [4.69, 9.17) is 0 Å². The van der Waals surface area contributed by atoms with Gasteiger partial charge in [-0.3, -0.25) is 0 Å². The maximum absolute atomic E-state index is 9.49. The number of halogens is 3. The number of carbonyl (C=O) groups is 3. The summed E-state index contributed by atoms with van der Waals surface area (Å²) >= 11 is 0. The second-order valence-corrected chi connectivity index (χ2v) is 3.37. The number of carboxylic acids is 3. The van der Waals surface area contributed by atoms with Gasteiger partial charge in [0, 0.05) is 17.9 Å². The van der Waals surface area contributed by atoms with Gasteiger partial charge >= 0.3 is 34.1 Å². The van der Waals surface area contributed by atoms with E-state index >= 15 is 0 Å². The van der Waals surface area contributed by atoms with E-state index in [1.54, 1.807) is 20.8 Å². The molecule has 0 aliphatic heterocycles. The molecule has 0 rings (SSSR count). The van der Waals surface area contributed by atoms with Crippen molar-refractivity contribution in [3.05, 3.63) is 0 Å². The first-order valence-corrected chi connectivity index (χ1v) is 5.91. The van der Waals surface area contributed by atoms with Crippen LogP contribution in [0.1, 0.15) is 59.3 Å². The van der Waals surface area contributed by atoms with Crippen LogP contribution >= 0.6 is 0 Å². The molecule has 0 aliphatic rings. The van der Waals surface area contributed by atoms with Crippen molar-refractivity contribution in [1.82, 2.24) is 0 Å². The summed E-state index contributed by atoms with van der Waals surface area (Å²) in [5.41, 5.74) is 0. The third-order valence-electron chi connectivity index (χ3n) is 1.36. The number of carboxylic acid groups (broad SMARTS) is 3. The Hall–Kier alpha value is 0.319. The first-order valence-electron chi connectivity index (χ1n) is 5.91. The first kappa shape index (κ1) is 49.5. The summed E-state index contributed by atoms with van der Waals surface area (Å²) in [7, 11) is 0. The molecule has 0 aliphatic carbocycles. The fraction of sp³-hybridized carbons (Fsp3) is 0.750. The van der Waals surface area contributed by atoms with Gasteiger partial charge in [-0.15, -0.1) is 0 Å². The Kier molecular flexibility index (Phi) is 93.0. The van der Waals surface area contributed by atoms with Crippen LogP contribution in [0.2, 0.25) is 0 Å². The van der Waals surface area contributed by atoms with Crippen molar-refractivity contribution in [3.8, 4) is 0 Å². The summed E-state index contributed by atoms with van der Waals surface area (Å²) in [6.07, 6.45) is 2.55. The van der Waals surface area contributed by atoms with Gasteiger partial charge in [0.15, 0.2) is 0 Å². The monoisotopic (exact) mass is 478 g/mol. The Balaban J connectivity index is -0.0000000221. The third kappa shape index (κ3) is 106. The van der Waals surface area contributed by atoms with Gasteiger partial charge < -0.3 is 66.9 Å². The number of hydrogen-bond acceptors (Lipinski definition) is 6. The van der Waals surface area contributed by atoms with Gasteiger partial charge in [0.05, 0.1) is 0 Å². The van der Waals surface area contributed by atoms with E-state index in [0.29, 0.717) is 19.3 Å². The molecule has 0 N–H and O–H groups in total. The molecule has 11 heteroatoms. The Morgan fingerprint density at radius 1 is 0.565 bits per heavy atom. The molecule has 0 amide bonds. The number of rotatable bonds is 6. The predicted molar refractivity (Wildman–Crippen MR) is 59.7 cm³/mol. The zero-order valence-electron chi connectivity index (χ0n) is 13.0. The first-order chi connectivity index (χ1) is 8.31. The molecule has 23 heavy (non-hydrogen) atoms. The fourth-order valence-electron chi connectivity index (χ4n) is 0.612. The zero-order valence-corrected chi connectivity index (χ0v) is 17.5. The summed E-state index contributed by atoms with van der Waals surface area (Å²) in [6, 6.07) is 0. The van der Waals surface area contributed by atoms with Crippen molar-refractivity contribution in [3.63, 3.8) is 0 Å². The Morgan fingerprint density at radius 2 is 0.696 bits per heavy atom. The van der Waals surface area contributed by atoms with E-state index in [9.17, 15) is 29.7 Å². The number of aliphatic carboxylic acids is 3. The van der Waals surface area contributed by atoms with E-state index in [-0.39, 0.29) is 90.6 Å². The fourth-order valence-corrected chi connectivity index (χ4v) is 0.612. The van der Waals surface area contributed by atoms with Crippen molar-refractivity contribution >= 4 is 17.9 Å². The summed E-state index contributed by atoms with van der Waals surface area (Å²) < 4.78 is 0. The molecular weight excluding hydrogens is 458 g/mol. The van der Waals surface area contributed by atoms with Crippen molar-refractivity contribution in [2.45, 2.75) is 59.3 Å². The minimum Gasteiger partial charge on any atom is -1.00 e. The molecule has 0 atom stereocenters. The van der Waals surface area contributed by atoms with E-state index < -0.39 is 17.9 Å². The predicted octanol–water partition coefficient (Wildman–Crippen LogP) is -10.4. The quantitative estimate of drug-likeness (QED) is 0.349. The Morgan fingerprint density at radius 3 is 0.696 bits per heavy atom.